The maximum absolute atomic E-state index is 12.9. The van der Waals surface area contributed by atoms with E-state index in [0.717, 1.165) is 36.5 Å². The van der Waals surface area contributed by atoms with Crippen molar-refractivity contribution in [3.8, 4) is 0 Å². The van der Waals surface area contributed by atoms with Gasteiger partial charge in [-0.15, -0.1) is 15.3 Å². The van der Waals surface area contributed by atoms with Gasteiger partial charge in [0.2, 0.25) is 0 Å². The van der Waals surface area contributed by atoms with Crippen LogP contribution in [0.5, 0.6) is 0 Å². The largest absolute Gasteiger partial charge is 0.351 e. The van der Waals surface area contributed by atoms with Crippen molar-refractivity contribution in [3.05, 3.63) is 48.0 Å². The maximum Gasteiger partial charge on any atom is 0.273 e. The predicted molar refractivity (Wildman–Crippen MR) is 90.3 cm³/mol. The molecule has 0 radical (unpaired) electrons. The van der Waals surface area contributed by atoms with Crippen molar-refractivity contribution < 1.29 is 4.79 Å². The molecular formula is C17H17N7O. The van der Waals surface area contributed by atoms with Crippen molar-refractivity contribution in [1.29, 1.82) is 0 Å². The highest BCUT2D eigenvalue weighted by Crippen LogP contribution is 2.35. The standard InChI is InChI=1S/C17H17N7O/c1-11-3-2-6-18-16(11)17(25)24-12-7-13(24)9-22(8-12)15-5-4-14-20-19-10-23(14)21-15/h2-6,10,12-13H,7-9H2,1H3. The average molecular weight is 335 g/mol. The molecular weight excluding hydrogens is 318 g/mol. The summed E-state index contributed by atoms with van der Waals surface area (Å²) in [5, 5.41) is 12.4. The highest BCUT2D eigenvalue weighted by Gasteiger charge is 2.48. The van der Waals surface area contributed by atoms with Crippen LogP contribution >= 0.6 is 0 Å². The summed E-state index contributed by atoms with van der Waals surface area (Å²) < 4.78 is 1.68. The Bertz CT molecular complexity index is 956. The molecule has 8 nitrogen and oxygen atoms in total. The number of carbonyl (C=O) groups is 1. The molecule has 0 saturated carbocycles. The minimum absolute atomic E-state index is 0.0428. The number of aromatic nitrogens is 5. The van der Waals surface area contributed by atoms with Gasteiger partial charge in [-0.3, -0.25) is 9.78 Å². The van der Waals surface area contributed by atoms with Crippen molar-refractivity contribution in [2.75, 3.05) is 18.0 Å². The van der Waals surface area contributed by atoms with Crippen LogP contribution in [0.4, 0.5) is 5.82 Å². The second-order valence-electron chi connectivity index (χ2n) is 6.65. The fraction of sp³-hybridized carbons (Fsp3) is 0.353. The lowest BCUT2D eigenvalue weighted by Gasteiger charge is -2.56. The van der Waals surface area contributed by atoms with Gasteiger partial charge in [0.1, 0.15) is 17.8 Å². The average Bonchev–Trinajstić information content (AvgIpc) is 3.09. The quantitative estimate of drug-likeness (QED) is 0.693. The number of nitrogens with zero attached hydrogens (tertiary/aromatic N) is 7. The number of piperidine rings is 1. The lowest BCUT2D eigenvalue weighted by atomic mass is 9.86. The van der Waals surface area contributed by atoms with E-state index in [9.17, 15) is 4.79 Å². The lowest BCUT2D eigenvalue weighted by molar-refractivity contribution is 0.00514. The van der Waals surface area contributed by atoms with Crippen molar-refractivity contribution in [1.82, 2.24) is 29.7 Å². The van der Waals surface area contributed by atoms with Crippen LogP contribution < -0.4 is 4.90 Å². The van der Waals surface area contributed by atoms with E-state index >= 15 is 0 Å². The Hall–Kier alpha value is -3.03. The van der Waals surface area contributed by atoms with Gasteiger partial charge >= 0.3 is 0 Å². The fourth-order valence-corrected chi connectivity index (χ4v) is 3.85. The lowest BCUT2D eigenvalue weighted by Crippen LogP contribution is -2.70. The van der Waals surface area contributed by atoms with Crippen molar-refractivity contribution in [2.24, 2.45) is 0 Å². The minimum Gasteiger partial charge on any atom is -0.351 e. The van der Waals surface area contributed by atoms with Crippen molar-refractivity contribution in [2.45, 2.75) is 25.4 Å². The molecule has 1 amide bonds. The van der Waals surface area contributed by atoms with Gasteiger partial charge in [-0.25, -0.2) is 0 Å². The molecule has 2 bridgehead atoms. The second-order valence-corrected chi connectivity index (χ2v) is 6.65. The summed E-state index contributed by atoms with van der Waals surface area (Å²) in [6.45, 7) is 3.50. The van der Waals surface area contributed by atoms with Crippen LogP contribution in [0.3, 0.4) is 0 Å². The van der Waals surface area contributed by atoms with Gasteiger partial charge < -0.3 is 9.80 Å². The Kier molecular flexibility index (Phi) is 3.00. The van der Waals surface area contributed by atoms with E-state index in [4.69, 9.17) is 0 Å². The summed E-state index contributed by atoms with van der Waals surface area (Å²) >= 11 is 0. The molecule has 3 aliphatic rings. The molecule has 6 rings (SSSR count). The first-order valence-corrected chi connectivity index (χ1v) is 8.37. The zero-order valence-electron chi connectivity index (χ0n) is 13.8. The minimum atomic E-state index is 0.0428. The van der Waals surface area contributed by atoms with Gasteiger partial charge in [0, 0.05) is 19.3 Å². The number of fused-ring (bicyclic) bond motifs is 3. The SMILES string of the molecule is Cc1cccnc1C(=O)N1C2CC1CN(c1ccc3nncn3n1)C2. The highest BCUT2D eigenvalue weighted by atomic mass is 16.2. The summed E-state index contributed by atoms with van der Waals surface area (Å²) in [5.41, 5.74) is 2.22. The number of rotatable bonds is 2. The molecule has 3 aromatic rings. The number of pyridine rings is 1. The van der Waals surface area contributed by atoms with E-state index in [1.165, 1.54) is 0 Å². The maximum atomic E-state index is 12.9. The molecule has 6 heterocycles. The van der Waals surface area contributed by atoms with Crippen LogP contribution in [-0.4, -0.2) is 60.8 Å². The molecule has 3 fully saturated rings. The van der Waals surface area contributed by atoms with Crippen LogP contribution in [0.2, 0.25) is 0 Å². The molecule has 2 atom stereocenters. The van der Waals surface area contributed by atoms with Crippen LogP contribution in [0.1, 0.15) is 22.5 Å². The van der Waals surface area contributed by atoms with Crippen LogP contribution in [0.15, 0.2) is 36.8 Å². The third-order valence-electron chi connectivity index (χ3n) is 5.11. The number of amides is 1. The molecule has 0 aliphatic carbocycles. The van der Waals surface area contributed by atoms with Gasteiger partial charge in [0.05, 0.1) is 12.1 Å². The number of carbonyl (C=O) groups excluding carboxylic acids is 1. The summed E-state index contributed by atoms with van der Waals surface area (Å²) in [7, 11) is 0. The Morgan fingerprint density at radius 2 is 2.04 bits per heavy atom. The molecule has 2 unspecified atom stereocenters. The topological polar surface area (TPSA) is 79.5 Å². The normalized spacial score (nSPS) is 22.1. The number of hydrogen-bond donors (Lipinski definition) is 0. The summed E-state index contributed by atoms with van der Waals surface area (Å²) in [5.74, 6) is 0.935. The second kappa shape index (κ2) is 5.23. The molecule has 3 aliphatic heterocycles. The van der Waals surface area contributed by atoms with Gasteiger partial charge in [-0.05, 0) is 37.1 Å². The van der Waals surface area contributed by atoms with Crippen molar-refractivity contribution >= 4 is 17.4 Å². The van der Waals surface area contributed by atoms with E-state index in [1.54, 1.807) is 17.0 Å². The Labute approximate surface area is 144 Å². The first-order chi connectivity index (χ1) is 12.2. The third kappa shape index (κ3) is 2.17. The third-order valence-corrected chi connectivity index (χ3v) is 5.11. The van der Waals surface area contributed by atoms with E-state index < -0.39 is 0 Å². The molecule has 3 aromatic heterocycles. The number of anilines is 1. The first kappa shape index (κ1) is 14.3. The van der Waals surface area contributed by atoms with Gasteiger partial charge in [0.15, 0.2) is 5.65 Å². The molecule has 8 heteroatoms. The molecule has 0 spiro atoms. The highest BCUT2D eigenvalue weighted by molar-refractivity contribution is 5.95. The molecule has 25 heavy (non-hydrogen) atoms. The Morgan fingerprint density at radius 1 is 1.20 bits per heavy atom. The van der Waals surface area contributed by atoms with E-state index in [2.05, 4.69) is 25.2 Å². The summed E-state index contributed by atoms with van der Waals surface area (Å²) in [4.78, 5) is 21.4. The van der Waals surface area contributed by atoms with E-state index in [0.29, 0.717) is 5.69 Å². The van der Waals surface area contributed by atoms with Crippen LogP contribution in [-0.2, 0) is 0 Å². The number of aryl methyl sites for hydroxylation is 1. The molecule has 0 N–H and O–H groups in total. The van der Waals surface area contributed by atoms with E-state index in [1.807, 2.05) is 36.1 Å². The summed E-state index contributed by atoms with van der Waals surface area (Å²) in [6.07, 6.45) is 4.33. The zero-order valence-corrected chi connectivity index (χ0v) is 13.8. The van der Waals surface area contributed by atoms with Crippen LogP contribution in [0, 0.1) is 6.92 Å². The zero-order chi connectivity index (χ0) is 17.0. The van der Waals surface area contributed by atoms with Gasteiger partial charge in [0.25, 0.3) is 5.91 Å². The number of piperazine rings is 1. The molecule has 126 valence electrons. The monoisotopic (exact) mass is 335 g/mol. The Balaban J connectivity index is 1.37. The van der Waals surface area contributed by atoms with Crippen molar-refractivity contribution in [3.63, 3.8) is 0 Å². The van der Waals surface area contributed by atoms with Gasteiger partial charge in [-0.1, -0.05) is 6.07 Å². The van der Waals surface area contributed by atoms with Gasteiger partial charge in [-0.2, -0.15) is 4.52 Å². The van der Waals surface area contributed by atoms with E-state index in [-0.39, 0.29) is 18.0 Å². The van der Waals surface area contributed by atoms with Crippen LogP contribution in [0.25, 0.3) is 5.65 Å². The first-order valence-electron chi connectivity index (χ1n) is 8.37. The fourth-order valence-electron chi connectivity index (χ4n) is 3.85. The molecule has 3 saturated heterocycles. The summed E-state index contributed by atoms with van der Waals surface area (Å²) in [6, 6.07) is 8.09. The molecule has 0 aromatic carbocycles. The number of hydrogen-bond acceptors (Lipinski definition) is 6. The Morgan fingerprint density at radius 3 is 2.84 bits per heavy atom. The predicted octanol–water partition coefficient (Wildman–Crippen LogP) is 0.931. The smallest absolute Gasteiger partial charge is 0.273 e.